The van der Waals surface area contributed by atoms with Gasteiger partial charge >= 0.3 is 0 Å². The first kappa shape index (κ1) is 19.9. The molecule has 140 valence electrons. The van der Waals surface area contributed by atoms with Crippen LogP contribution in [-0.2, 0) is 13.7 Å². The van der Waals surface area contributed by atoms with E-state index in [0.717, 1.165) is 5.56 Å². The van der Waals surface area contributed by atoms with Crippen molar-refractivity contribution in [3.63, 3.8) is 0 Å². The molecule has 0 aliphatic heterocycles. The van der Waals surface area contributed by atoms with Gasteiger partial charge < -0.3 is 14.4 Å². The van der Waals surface area contributed by atoms with E-state index in [1.165, 1.54) is 6.07 Å². The van der Waals surface area contributed by atoms with Gasteiger partial charge in [0.2, 0.25) is 5.43 Å². The van der Waals surface area contributed by atoms with Gasteiger partial charge in [0.05, 0.1) is 11.8 Å². The highest BCUT2D eigenvalue weighted by Gasteiger charge is 2.21. The minimum Gasteiger partial charge on any atom is -0.483 e. The molecule has 1 aromatic carbocycles. The van der Waals surface area contributed by atoms with Gasteiger partial charge in [0.25, 0.3) is 0 Å². The SMILES string of the molecule is CC(C)C(C)CC(O)c1cc(=O)c(OCc2ccccc2)c(C=O)n1C. The second-order valence-corrected chi connectivity index (χ2v) is 7.07. The predicted octanol–water partition coefficient (Wildman–Crippen LogP) is 3.49. The lowest BCUT2D eigenvalue weighted by molar-refractivity contribution is 0.110. The zero-order valence-electron chi connectivity index (χ0n) is 15.8. The Bertz CT molecular complexity index is 796. The van der Waals surface area contributed by atoms with Crippen LogP contribution >= 0.6 is 0 Å². The fourth-order valence-corrected chi connectivity index (χ4v) is 2.79. The molecule has 2 unspecified atom stereocenters. The number of rotatable bonds is 8. The maximum Gasteiger partial charge on any atom is 0.224 e. The number of ether oxygens (including phenoxy) is 1. The summed E-state index contributed by atoms with van der Waals surface area (Å²) in [6.45, 7) is 6.44. The van der Waals surface area contributed by atoms with Gasteiger partial charge in [-0.05, 0) is 23.8 Å². The largest absolute Gasteiger partial charge is 0.483 e. The Hall–Kier alpha value is -2.40. The molecule has 26 heavy (non-hydrogen) atoms. The van der Waals surface area contributed by atoms with Gasteiger partial charge in [-0.1, -0.05) is 51.1 Å². The number of pyridine rings is 1. The highest BCUT2D eigenvalue weighted by Crippen LogP contribution is 2.26. The van der Waals surface area contributed by atoms with E-state index in [0.29, 0.717) is 24.3 Å². The fourth-order valence-electron chi connectivity index (χ4n) is 2.79. The average molecular weight is 357 g/mol. The molecule has 0 aliphatic carbocycles. The Morgan fingerprint density at radius 1 is 1.19 bits per heavy atom. The first-order chi connectivity index (χ1) is 12.3. The van der Waals surface area contributed by atoms with Crippen LogP contribution in [0.25, 0.3) is 0 Å². The average Bonchev–Trinajstić information content (AvgIpc) is 2.62. The Morgan fingerprint density at radius 2 is 1.85 bits per heavy atom. The monoisotopic (exact) mass is 357 g/mol. The molecule has 0 saturated heterocycles. The minimum atomic E-state index is -0.813. The molecule has 2 aromatic rings. The fraction of sp³-hybridized carbons (Fsp3) is 0.429. The van der Waals surface area contributed by atoms with Crippen LogP contribution in [0.4, 0.5) is 0 Å². The Labute approximate surface area is 154 Å². The molecule has 2 rings (SSSR count). The van der Waals surface area contributed by atoms with Crippen LogP contribution in [0.15, 0.2) is 41.2 Å². The normalized spacial score (nSPS) is 13.5. The lowest BCUT2D eigenvalue weighted by Crippen LogP contribution is -2.22. The summed E-state index contributed by atoms with van der Waals surface area (Å²) in [5, 5.41) is 10.5. The quantitative estimate of drug-likeness (QED) is 0.734. The van der Waals surface area contributed by atoms with Crippen molar-refractivity contribution >= 4 is 6.29 Å². The van der Waals surface area contributed by atoms with Crippen LogP contribution < -0.4 is 10.2 Å². The molecule has 0 fully saturated rings. The highest BCUT2D eigenvalue weighted by molar-refractivity contribution is 5.76. The summed E-state index contributed by atoms with van der Waals surface area (Å²) < 4.78 is 7.18. The van der Waals surface area contributed by atoms with Gasteiger partial charge in [-0.2, -0.15) is 0 Å². The molecule has 0 spiro atoms. The van der Waals surface area contributed by atoms with E-state index in [-0.39, 0.29) is 24.0 Å². The predicted molar refractivity (Wildman–Crippen MR) is 101 cm³/mol. The molecule has 5 nitrogen and oxygen atoms in total. The highest BCUT2D eigenvalue weighted by atomic mass is 16.5. The van der Waals surface area contributed by atoms with Gasteiger partial charge in [-0.25, -0.2) is 0 Å². The minimum absolute atomic E-state index is 0.0132. The van der Waals surface area contributed by atoms with E-state index < -0.39 is 11.5 Å². The molecule has 0 amide bonds. The Morgan fingerprint density at radius 3 is 2.42 bits per heavy atom. The van der Waals surface area contributed by atoms with Crippen LogP contribution in [-0.4, -0.2) is 16.0 Å². The molecular formula is C21H27NO4. The van der Waals surface area contributed by atoms with E-state index in [1.807, 2.05) is 30.3 Å². The maximum atomic E-state index is 12.5. The first-order valence-electron chi connectivity index (χ1n) is 8.89. The number of benzene rings is 1. The molecule has 1 N–H and O–H groups in total. The molecule has 1 heterocycles. The number of hydrogen-bond donors (Lipinski definition) is 1. The number of aliphatic hydroxyl groups excluding tert-OH is 1. The number of hydrogen-bond acceptors (Lipinski definition) is 4. The third kappa shape index (κ3) is 4.61. The van der Waals surface area contributed by atoms with Crippen LogP contribution in [0.1, 0.15) is 55.0 Å². The molecule has 0 aliphatic rings. The second kappa shape index (κ2) is 8.81. The number of nitrogens with zero attached hydrogens (tertiary/aromatic N) is 1. The number of aldehydes is 1. The Balaban J connectivity index is 2.30. The van der Waals surface area contributed by atoms with Crippen LogP contribution in [0.5, 0.6) is 5.75 Å². The first-order valence-corrected chi connectivity index (χ1v) is 8.89. The summed E-state index contributed by atoms with van der Waals surface area (Å²) in [5.41, 5.74) is 1.07. The molecule has 5 heteroatoms. The number of carbonyl (C=O) groups is 1. The molecule has 0 saturated carbocycles. The van der Waals surface area contributed by atoms with Gasteiger partial charge in [0.1, 0.15) is 12.3 Å². The van der Waals surface area contributed by atoms with Crippen LogP contribution in [0.2, 0.25) is 0 Å². The zero-order chi connectivity index (χ0) is 19.3. The molecule has 2 atom stereocenters. The van der Waals surface area contributed by atoms with Crippen molar-refractivity contribution in [3.8, 4) is 5.75 Å². The summed E-state index contributed by atoms with van der Waals surface area (Å²) in [5.74, 6) is 0.716. The van der Waals surface area contributed by atoms with Gasteiger partial charge in [-0.3, -0.25) is 9.59 Å². The lowest BCUT2D eigenvalue weighted by Gasteiger charge is -2.23. The lowest BCUT2D eigenvalue weighted by atomic mass is 9.91. The van der Waals surface area contributed by atoms with Crippen molar-refractivity contribution in [1.82, 2.24) is 4.57 Å². The third-order valence-corrected chi connectivity index (χ3v) is 4.90. The molecule has 1 aromatic heterocycles. The van der Waals surface area contributed by atoms with Gasteiger partial charge in [-0.15, -0.1) is 0 Å². The van der Waals surface area contributed by atoms with E-state index in [4.69, 9.17) is 4.74 Å². The summed E-state index contributed by atoms with van der Waals surface area (Å²) in [6.07, 6.45) is 0.309. The van der Waals surface area contributed by atoms with Crippen LogP contribution in [0, 0.1) is 11.8 Å². The summed E-state index contributed by atoms with van der Waals surface area (Å²) in [6, 6.07) is 10.8. The van der Waals surface area contributed by atoms with Crippen molar-refractivity contribution < 1.29 is 14.6 Å². The summed E-state index contributed by atoms with van der Waals surface area (Å²) in [4.78, 5) is 24.1. The van der Waals surface area contributed by atoms with Crippen molar-refractivity contribution in [3.05, 3.63) is 63.6 Å². The van der Waals surface area contributed by atoms with E-state index in [2.05, 4.69) is 20.8 Å². The summed E-state index contributed by atoms with van der Waals surface area (Å²) >= 11 is 0. The molecule has 0 radical (unpaired) electrons. The topological polar surface area (TPSA) is 68.5 Å². The zero-order valence-corrected chi connectivity index (χ0v) is 15.8. The number of carbonyl (C=O) groups excluding carboxylic acids is 1. The third-order valence-electron chi connectivity index (χ3n) is 4.90. The smallest absolute Gasteiger partial charge is 0.224 e. The van der Waals surface area contributed by atoms with Crippen molar-refractivity contribution in [2.45, 2.75) is 39.9 Å². The second-order valence-electron chi connectivity index (χ2n) is 7.07. The van der Waals surface area contributed by atoms with Gasteiger partial charge in [0, 0.05) is 13.1 Å². The van der Waals surface area contributed by atoms with Crippen LogP contribution in [0.3, 0.4) is 0 Å². The molecular weight excluding hydrogens is 330 g/mol. The van der Waals surface area contributed by atoms with E-state index >= 15 is 0 Å². The number of aliphatic hydroxyl groups is 1. The Kier molecular flexibility index (Phi) is 6.75. The van der Waals surface area contributed by atoms with Gasteiger partial charge in [0.15, 0.2) is 12.0 Å². The molecule has 0 bridgehead atoms. The van der Waals surface area contributed by atoms with Crippen molar-refractivity contribution in [2.24, 2.45) is 18.9 Å². The number of aromatic nitrogens is 1. The van der Waals surface area contributed by atoms with Crippen molar-refractivity contribution in [2.75, 3.05) is 0 Å². The summed E-state index contributed by atoms with van der Waals surface area (Å²) in [7, 11) is 1.66. The van der Waals surface area contributed by atoms with Crippen molar-refractivity contribution in [1.29, 1.82) is 0 Å². The standard InChI is InChI=1S/C21H27NO4/c1-14(2)15(3)10-19(24)17-11-20(25)21(18(12-23)22(17)4)26-13-16-8-6-5-7-9-16/h5-9,11-12,14-15,19,24H,10,13H2,1-4H3. The van der Waals surface area contributed by atoms with E-state index in [9.17, 15) is 14.7 Å². The maximum absolute atomic E-state index is 12.5. The van der Waals surface area contributed by atoms with E-state index in [1.54, 1.807) is 11.6 Å².